The van der Waals surface area contributed by atoms with Gasteiger partial charge in [0, 0.05) is 39.0 Å². The number of fused-ring (bicyclic) bond motifs is 1. The van der Waals surface area contributed by atoms with Gasteiger partial charge >= 0.3 is 0 Å². The molecule has 125 valence electrons. The van der Waals surface area contributed by atoms with Crippen LogP contribution in [0.3, 0.4) is 0 Å². The van der Waals surface area contributed by atoms with Gasteiger partial charge in [0.15, 0.2) is 0 Å². The van der Waals surface area contributed by atoms with E-state index >= 15 is 0 Å². The first-order valence-electron chi connectivity index (χ1n) is 8.22. The molecule has 1 radical (unpaired) electrons. The first kappa shape index (κ1) is 18.7. The normalized spacial score (nSPS) is 10.3. The molecule has 1 aromatic heterocycles. The van der Waals surface area contributed by atoms with E-state index in [0.29, 0.717) is 6.61 Å². The van der Waals surface area contributed by atoms with Gasteiger partial charge in [-0.25, -0.2) is 0 Å². The summed E-state index contributed by atoms with van der Waals surface area (Å²) in [6.07, 6.45) is 2.78. The second kappa shape index (κ2) is 8.52. The van der Waals surface area contributed by atoms with Crippen LogP contribution < -0.4 is 4.74 Å². The Hall–Kier alpha value is -2.10. The maximum absolute atomic E-state index is 5.94. The Morgan fingerprint density at radius 2 is 1.69 bits per heavy atom. The predicted octanol–water partition coefficient (Wildman–Crippen LogP) is 4.98. The third-order valence-corrected chi connectivity index (χ3v) is 4.17. The summed E-state index contributed by atoms with van der Waals surface area (Å²) in [5.41, 5.74) is 5.07. The Labute approximate surface area is 178 Å². The zero-order valence-corrected chi connectivity index (χ0v) is 17.4. The summed E-state index contributed by atoms with van der Waals surface area (Å²) in [5.74, 6) is 0.820. The van der Waals surface area contributed by atoms with Gasteiger partial charge in [-0.15, -0.1) is 0 Å². The first-order valence-corrected chi connectivity index (χ1v) is 8.22. The topological polar surface area (TPSA) is 35.0 Å². The van der Waals surface area contributed by atoms with Gasteiger partial charge in [0.05, 0.1) is 0 Å². The average Bonchev–Trinajstić information content (AvgIpc) is 2.67. The van der Waals surface area contributed by atoms with Crippen LogP contribution in [-0.2, 0) is 39.3 Å². The Kier molecular flexibility index (Phi) is 6.13. The van der Waals surface area contributed by atoms with E-state index in [9.17, 15) is 0 Å². The minimum absolute atomic E-state index is 0. The molecule has 0 amide bonds. The molecule has 0 fully saturated rings. The fourth-order valence-electron chi connectivity index (χ4n) is 2.88. The minimum Gasteiger partial charge on any atom is -0.489 e. The number of aromatic nitrogens is 2. The Balaban J connectivity index is 0.00000196. The van der Waals surface area contributed by atoms with E-state index in [1.54, 1.807) is 0 Å². The van der Waals surface area contributed by atoms with Crippen molar-refractivity contribution in [2.24, 2.45) is 0 Å². The van der Waals surface area contributed by atoms with Gasteiger partial charge in [-0.1, -0.05) is 77.2 Å². The summed E-state index contributed by atoms with van der Waals surface area (Å²) < 4.78 is 5.94. The van der Waals surface area contributed by atoms with Gasteiger partial charge in [-0.05, 0) is 35.8 Å². The van der Waals surface area contributed by atoms with Crippen molar-refractivity contribution in [1.82, 2.24) is 9.97 Å². The number of hydrogen-bond donors (Lipinski definition) is 0. The van der Waals surface area contributed by atoms with E-state index in [4.69, 9.17) is 4.74 Å². The van der Waals surface area contributed by atoms with E-state index in [0.717, 1.165) is 39.0 Å². The average molecular weight is 414 g/mol. The van der Waals surface area contributed by atoms with Crippen molar-refractivity contribution in [3.05, 3.63) is 90.3 Å². The van der Waals surface area contributed by atoms with Crippen LogP contribution in [0.25, 0.3) is 22.2 Å². The summed E-state index contributed by atoms with van der Waals surface area (Å²) in [4.78, 5) is 8.68. The monoisotopic (exact) mass is 414 g/mol. The van der Waals surface area contributed by atoms with Crippen molar-refractivity contribution in [1.29, 1.82) is 0 Å². The van der Waals surface area contributed by atoms with E-state index in [-0.39, 0.29) is 32.7 Å². The first-order chi connectivity index (χ1) is 12.3. The Bertz CT molecular complexity index is 1020. The van der Waals surface area contributed by atoms with Gasteiger partial charge in [-0.3, -0.25) is 0 Å². The number of aryl methyl sites for hydroxylation is 1. The Morgan fingerprint density at radius 1 is 0.885 bits per heavy atom. The third-order valence-electron chi connectivity index (χ3n) is 4.17. The standard InChI is InChI=1S/C22H17N2O.Y/c1-16-7-5-12-20-21(16)23-15-24-22(20)18-10-6-11-19(13-18)25-14-17-8-3-2-4-9-17;/h2-13H,14H2,1H3;/q-1;. The molecule has 0 aliphatic carbocycles. The quantitative estimate of drug-likeness (QED) is 0.442. The summed E-state index contributed by atoms with van der Waals surface area (Å²) >= 11 is 0. The van der Waals surface area contributed by atoms with Crippen LogP contribution in [-0.4, -0.2) is 9.97 Å². The molecule has 0 aliphatic heterocycles. The van der Waals surface area contributed by atoms with Crippen LogP contribution in [0.15, 0.2) is 72.8 Å². The zero-order valence-electron chi connectivity index (χ0n) is 14.5. The largest absolute Gasteiger partial charge is 0.489 e. The molecule has 0 aliphatic rings. The molecule has 3 aromatic carbocycles. The predicted molar refractivity (Wildman–Crippen MR) is 99.3 cm³/mol. The Morgan fingerprint density at radius 3 is 2.54 bits per heavy atom. The second-order valence-electron chi connectivity index (χ2n) is 5.95. The zero-order chi connectivity index (χ0) is 17.1. The van der Waals surface area contributed by atoms with Gasteiger partial charge in [0.25, 0.3) is 0 Å². The molecular weight excluding hydrogens is 397 g/mol. The van der Waals surface area contributed by atoms with Gasteiger partial charge in [-0.2, -0.15) is 0 Å². The van der Waals surface area contributed by atoms with Gasteiger partial charge in [0.1, 0.15) is 12.4 Å². The number of benzene rings is 3. The molecule has 0 spiro atoms. The van der Waals surface area contributed by atoms with Crippen LogP contribution in [0.4, 0.5) is 0 Å². The molecule has 4 aromatic rings. The number of para-hydroxylation sites is 1. The molecule has 0 bridgehead atoms. The number of hydrogen-bond acceptors (Lipinski definition) is 3. The fourth-order valence-corrected chi connectivity index (χ4v) is 2.88. The van der Waals surface area contributed by atoms with E-state index in [2.05, 4.69) is 28.4 Å². The van der Waals surface area contributed by atoms with Gasteiger partial charge < -0.3 is 14.7 Å². The van der Waals surface area contributed by atoms with Crippen molar-refractivity contribution in [3.63, 3.8) is 0 Å². The molecule has 26 heavy (non-hydrogen) atoms. The van der Waals surface area contributed by atoms with Crippen LogP contribution >= 0.6 is 0 Å². The molecule has 1 heterocycles. The van der Waals surface area contributed by atoms with E-state index in [1.807, 2.05) is 67.6 Å². The molecule has 0 saturated heterocycles. The maximum atomic E-state index is 5.94. The van der Waals surface area contributed by atoms with Crippen LogP contribution in [0.5, 0.6) is 5.75 Å². The second-order valence-corrected chi connectivity index (χ2v) is 5.95. The number of rotatable bonds is 4. The van der Waals surface area contributed by atoms with Crippen LogP contribution in [0.2, 0.25) is 0 Å². The van der Waals surface area contributed by atoms with Gasteiger partial charge in [0.2, 0.25) is 0 Å². The van der Waals surface area contributed by atoms with Crippen LogP contribution in [0, 0.1) is 13.3 Å². The van der Waals surface area contributed by atoms with Crippen molar-refractivity contribution < 1.29 is 37.4 Å². The molecule has 4 rings (SSSR count). The van der Waals surface area contributed by atoms with E-state index < -0.39 is 0 Å². The molecule has 4 heteroatoms. The summed E-state index contributed by atoms with van der Waals surface area (Å²) in [7, 11) is 0. The fraction of sp³-hybridized carbons (Fsp3) is 0.0909. The van der Waals surface area contributed by atoms with Crippen molar-refractivity contribution in [2.75, 3.05) is 0 Å². The van der Waals surface area contributed by atoms with Crippen molar-refractivity contribution in [2.45, 2.75) is 13.5 Å². The maximum Gasteiger partial charge on any atom is 0.119 e. The van der Waals surface area contributed by atoms with E-state index in [1.165, 1.54) is 0 Å². The molecule has 0 N–H and O–H groups in total. The smallest absolute Gasteiger partial charge is 0.119 e. The SMILES string of the molecule is Cc1cccc2c(-c3cccc(OCc4ccccc4)c3)n[c-]nc12.[Y]. The number of ether oxygens (including phenoxy) is 1. The van der Waals surface area contributed by atoms with Crippen molar-refractivity contribution in [3.8, 4) is 17.0 Å². The summed E-state index contributed by atoms with van der Waals surface area (Å²) in [6.45, 7) is 2.59. The molecule has 0 saturated carbocycles. The summed E-state index contributed by atoms with van der Waals surface area (Å²) in [6, 6.07) is 24.3. The van der Waals surface area contributed by atoms with Crippen LogP contribution in [0.1, 0.15) is 11.1 Å². The molecule has 0 unspecified atom stereocenters. The molecule has 0 atom stereocenters. The number of nitrogens with zero attached hydrogens (tertiary/aromatic N) is 2. The minimum atomic E-state index is 0. The summed E-state index contributed by atoms with van der Waals surface area (Å²) in [5, 5.41) is 1.03. The van der Waals surface area contributed by atoms with Crippen molar-refractivity contribution >= 4 is 10.9 Å². The molecule has 3 nitrogen and oxygen atoms in total. The third kappa shape index (κ3) is 4.00. The molecular formula is C22H17N2OY-.